The van der Waals surface area contributed by atoms with Gasteiger partial charge >= 0.3 is 12.1 Å². The molecule has 1 fully saturated rings. The highest BCUT2D eigenvalue weighted by Gasteiger charge is 2.39. The fraction of sp³-hybridized carbons (Fsp3) is 0.714. The van der Waals surface area contributed by atoms with E-state index in [2.05, 4.69) is 4.74 Å². The second-order valence-electron chi connectivity index (χ2n) is 2.86. The second kappa shape index (κ2) is 3.61. The van der Waals surface area contributed by atoms with E-state index in [1.54, 1.807) is 0 Å². The number of likely N-dealkylation sites (tertiary alicyclic amines) is 1. The van der Waals surface area contributed by atoms with Gasteiger partial charge in [-0.1, -0.05) is 0 Å². The molecule has 1 amide bonds. The first-order valence-corrected chi connectivity index (χ1v) is 3.81. The molecule has 1 saturated heterocycles. The number of carbonyl (C=O) groups is 2. The van der Waals surface area contributed by atoms with Gasteiger partial charge in [0.15, 0.2) is 0 Å². The van der Waals surface area contributed by atoms with Crippen LogP contribution in [-0.2, 0) is 9.53 Å². The molecular formula is C7H11NO5. The van der Waals surface area contributed by atoms with Crippen LogP contribution in [0.2, 0.25) is 0 Å². The molecule has 1 rings (SSSR count). The molecule has 74 valence electrons. The third kappa shape index (κ3) is 1.89. The topological polar surface area (TPSA) is 87.1 Å². The van der Waals surface area contributed by atoms with Crippen molar-refractivity contribution in [1.29, 1.82) is 0 Å². The number of methoxy groups -OCH3 is 1. The van der Waals surface area contributed by atoms with Crippen LogP contribution in [0.25, 0.3) is 0 Å². The first-order valence-electron chi connectivity index (χ1n) is 3.81. The molecule has 0 aromatic rings. The van der Waals surface area contributed by atoms with E-state index in [4.69, 9.17) is 10.2 Å². The van der Waals surface area contributed by atoms with Crippen molar-refractivity contribution in [3.63, 3.8) is 0 Å². The van der Waals surface area contributed by atoms with Gasteiger partial charge in [0, 0.05) is 6.42 Å². The smallest absolute Gasteiger partial charge is 0.408 e. The normalized spacial score (nSPS) is 27.4. The van der Waals surface area contributed by atoms with E-state index in [9.17, 15) is 9.59 Å². The first-order chi connectivity index (χ1) is 6.06. The number of aliphatic hydroxyl groups is 1. The summed E-state index contributed by atoms with van der Waals surface area (Å²) in [7, 11) is 1.19. The zero-order valence-corrected chi connectivity index (χ0v) is 7.14. The summed E-state index contributed by atoms with van der Waals surface area (Å²) in [5.41, 5.74) is 0. The minimum Gasteiger partial charge on any atom is -0.467 e. The Kier molecular flexibility index (Phi) is 2.72. The molecule has 0 bridgehead atoms. The number of aliphatic hydroxyl groups excluding tert-OH is 1. The third-order valence-electron chi connectivity index (χ3n) is 2.00. The van der Waals surface area contributed by atoms with Gasteiger partial charge in [0.2, 0.25) is 0 Å². The Bertz CT molecular complexity index is 229. The lowest BCUT2D eigenvalue weighted by Crippen LogP contribution is -2.40. The van der Waals surface area contributed by atoms with Crippen molar-refractivity contribution in [3.05, 3.63) is 0 Å². The lowest BCUT2D eigenvalue weighted by molar-refractivity contribution is -0.145. The van der Waals surface area contributed by atoms with Gasteiger partial charge in [-0.2, -0.15) is 0 Å². The number of carboxylic acid groups (broad SMARTS) is 1. The number of hydrogen-bond acceptors (Lipinski definition) is 4. The number of β-amino-alcohol motifs (C(OH)–C–C–N with tert-alkyl or cyclic N) is 1. The van der Waals surface area contributed by atoms with Gasteiger partial charge in [0.25, 0.3) is 0 Å². The molecule has 1 heterocycles. The fourth-order valence-corrected chi connectivity index (χ4v) is 1.38. The summed E-state index contributed by atoms with van der Waals surface area (Å²) >= 11 is 0. The summed E-state index contributed by atoms with van der Waals surface area (Å²) in [6.07, 6.45) is -1.88. The van der Waals surface area contributed by atoms with Crippen LogP contribution in [-0.4, -0.2) is 53.0 Å². The van der Waals surface area contributed by atoms with Crippen molar-refractivity contribution in [2.75, 3.05) is 13.7 Å². The highest BCUT2D eigenvalue weighted by molar-refractivity contribution is 5.81. The lowest BCUT2D eigenvalue weighted by atomic mass is 10.2. The number of amides is 1. The minimum absolute atomic E-state index is 0.0326. The largest absolute Gasteiger partial charge is 0.467 e. The molecule has 13 heavy (non-hydrogen) atoms. The highest BCUT2D eigenvalue weighted by Crippen LogP contribution is 2.18. The van der Waals surface area contributed by atoms with E-state index in [1.165, 1.54) is 7.11 Å². The number of carbonyl (C=O) groups excluding carboxylic acids is 1. The zero-order valence-electron chi connectivity index (χ0n) is 7.14. The molecule has 0 saturated carbocycles. The maximum Gasteiger partial charge on any atom is 0.408 e. The molecule has 0 aromatic carbocycles. The molecule has 6 heteroatoms. The van der Waals surface area contributed by atoms with Crippen molar-refractivity contribution in [2.45, 2.75) is 18.6 Å². The Labute approximate surface area is 74.7 Å². The SMILES string of the molecule is COC(=O)[C@@H]1C[C@@H](O)CN1C(=O)O. The highest BCUT2D eigenvalue weighted by atomic mass is 16.5. The average molecular weight is 189 g/mol. The van der Waals surface area contributed by atoms with Crippen LogP contribution in [0.5, 0.6) is 0 Å². The number of hydrogen-bond donors (Lipinski definition) is 2. The molecule has 1 aliphatic heterocycles. The molecule has 6 nitrogen and oxygen atoms in total. The fourth-order valence-electron chi connectivity index (χ4n) is 1.38. The van der Waals surface area contributed by atoms with Crippen LogP contribution in [0.3, 0.4) is 0 Å². The van der Waals surface area contributed by atoms with Gasteiger partial charge in [-0.05, 0) is 0 Å². The average Bonchev–Trinajstić information content (AvgIpc) is 2.46. The first kappa shape index (κ1) is 9.79. The van der Waals surface area contributed by atoms with Crippen molar-refractivity contribution in [2.24, 2.45) is 0 Å². The molecule has 0 unspecified atom stereocenters. The van der Waals surface area contributed by atoms with Gasteiger partial charge in [-0.25, -0.2) is 9.59 Å². The predicted octanol–water partition coefficient (Wildman–Crippen LogP) is -0.727. The third-order valence-corrected chi connectivity index (χ3v) is 2.00. The number of esters is 1. The van der Waals surface area contributed by atoms with Crippen molar-refractivity contribution in [1.82, 2.24) is 4.90 Å². The Morgan fingerprint density at radius 3 is 2.62 bits per heavy atom. The van der Waals surface area contributed by atoms with E-state index in [-0.39, 0.29) is 13.0 Å². The summed E-state index contributed by atoms with van der Waals surface area (Å²) in [4.78, 5) is 22.5. The van der Waals surface area contributed by atoms with Crippen LogP contribution in [0.1, 0.15) is 6.42 Å². The molecule has 2 atom stereocenters. The van der Waals surface area contributed by atoms with E-state index >= 15 is 0 Å². The lowest BCUT2D eigenvalue weighted by Gasteiger charge is -2.18. The van der Waals surface area contributed by atoms with Crippen LogP contribution in [0, 0.1) is 0 Å². The Morgan fingerprint density at radius 1 is 1.54 bits per heavy atom. The summed E-state index contributed by atoms with van der Waals surface area (Å²) in [6, 6.07) is -0.863. The molecular weight excluding hydrogens is 178 g/mol. The summed E-state index contributed by atoms with van der Waals surface area (Å²) in [5.74, 6) is -0.626. The van der Waals surface area contributed by atoms with Gasteiger partial charge in [-0.3, -0.25) is 4.90 Å². The van der Waals surface area contributed by atoms with Crippen molar-refractivity contribution < 1.29 is 24.5 Å². The standard InChI is InChI=1S/C7H11NO5/c1-13-6(10)5-2-4(9)3-8(5)7(11)12/h4-5,9H,2-3H2,1H3,(H,11,12)/t4-,5+/m1/s1. The predicted molar refractivity (Wildman–Crippen MR) is 41.2 cm³/mol. The van der Waals surface area contributed by atoms with Gasteiger partial charge in [0.1, 0.15) is 6.04 Å². The Morgan fingerprint density at radius 2 is 2.15 bits per heavy atom. The number of rotatable bonds is 1. The van der Waals surface area contributed by atoms with Crippen LogP contribution >= 0.6 is 0 Å². The van der Waals surface area contributed by atoms with Crippen molar-refractivity contribution in [3.8, 4) is 0 Å². The molecule has 2 N–H and O–H groups in total. The molecule has 0 aliphatic carbocycles. The molecule has 1 aliphatic rings. The summed E-state index contributed by atoms with van der Waals surface area (Å²) in [6.45, 7) is -0.0326. The van der Waals surface area contributed by atoms with E-state index in [1.807, 2.05) is 0 Å². The van der Waals surface area contributed by atoms with Crippen LogP contribution in [0.4, 0.5) is 4.79 Å². The maximum atomic E-state index is 11.0. The Hall–Kier alpha value is -1.30. The molecule has 0 radical (unpaired) electrons. The zero-order chi connectivity index (χ0) is 10.0. The van der Waals surface area contributed by atoms with E-state index < -0.39 is 24.2 Å². The number of ether oxygens (including phenoxy) is 1. The van der Waals surface area contributed by atoms with E-state index in [0.29, 0.717) is 0 Å². The van der Waals surface area contributed by atoms with Gasteiger partial charge < -0.3 is 14.9 Å². The second-order valence-corrected chi connectivity index (χ2v) is 2.86. The summed E-state index contributed by atoms with van der Waals surface area (Å²) < 4.78 is 4.41. The molecule has 0 spiro atoms. The van der Waals surface area contributed by atoms with Crippen LogP contribution < -0.4 is 0 Å². The van der Waals surface area contributed by atoms with Gasteiger partial charge in [-0.15, -0.1) is 0 Å². The van der Waals surface area contributed by atoms with E-state index in [0.717, 1.165) is 4.90 Å². The maximum absolute atomic E-state index is 11.0. The summed E-state index contributed by atoms with van der Waals surface area (Å²) in [5, 5.41) is 17.8. The Balaban J connectivity index is 2.71. The van der Waals surface area contributed by atoms with Crippen LogP contribution in [0.15, 0.2) is 0 Å². The number of nitrogens with zero attached hydrogens (tertiary/aromatic N) is 1. The quantitative estimate of drug-likeness (QED) is 0.531. The monoisotopic (exact) mass is 189 g/mol. The van der Waals surface area contributed by atoms with Gasteiger partial charge in [0.05, 0.1) is 19.8 Å². The molecule has 0 aromatic heterocycles. The van der Waals surface area contributed by atoms with Crippen molar-refractivity contribution >= 4 is 12.1 Å². The minimum atomic E-state index is -1.22.